The second-order valence-corrected chi connectivity index (χ2v) is 4.18. The summed E-state index contributed by atoms with van der Waals surface area (Å²) in [6.45, 7) is -0.282. The van der Waals surface area contributed by atoms with E-state index in [1.54, 1.807) is 60.7 Å². The zero-order valence-electron chi connectivity index (χ0n) is 12.0. The van der Waals surface area contributed by atoms with Crippen molar-refractivity contribution in [3.05, 3.63) is 60.7 Å². The molecule has 0 heterocycles. The smallest absolute Gasteiger partial charge is 0.408 e. The Kier molecular flexibility index (Phi) is 5.61. The Morgan fingerprint density at radius 2 is 1.43 bits per heavy atom. The SMILES string of the molecule is C#CCN(OC(=O)Oc1ccccc1)C(=O)Oc1ccccc1. The first-order chi connectivity index (χ1) is 11.2. The molecule has 0 N–H and O–H groups in total. The van der Waals surface area contributed by atoms with E-state index in [1.165, 1.54) is 0 Å². The first-order valence-electron chi connectivity index (χ1n) is 6.61. The van der Waals surface area contributed by atoms with Crippen LogP contribution in [0.25, 0.3) is 0 Å². The van der Waals surface area contributed by atoms with Crippen LogP contribution in [0.2, 0.25) is 0 Å². The molecular weight excluding hydrogens is 298 g/mol. The lowest BCUT2D eigenvalue weighted by molar-refractivity contribution is -0.0807. The predicted octanol–water partition coefficient (Wildman–Crippen LogP) is 3.25. The maximum absolute atomic E-state index is 12.0. The number of amides is 1. The van der Waals surface area contributed by atoms with E-state index in [-0.39, 0.29) is 12.3 Å². The maximum atomic E-state index is 12.0. The molecule has 0 spiro atoms. The average molecular weight is 311 g/mol. The van der Waals surface area contributed by atoms with Crippen LogP contribution in [-0.2, 0) is 4.84 Å². The van der Waals surface area contributed by atoms with Crippen LogP contribution >= 0.6 is 0 Å². The molecule has 6 heteroatoms. The average Bonchev–Trinajstić information content (AvgIpc) is 2.56. The first kappa shape index (κ1) is 15.9. The van der Waals surface area contributed by atoms with Crippen LogP contribution in [-0.4, -0.2) is 23.9 Å². The molecule has 0 radical (unpaired) electrons. The molecule has 1 amide bonds. The van der Waals surface area contributed by atoms with Gasteiger partial charge in [0, 0.05) is 0 Å². The number of hydrogen-bond acceptors (Lipinski definition) is 5. The number of terminal acetylenes is 1. The van der Waals surface area contributed by atoms with Crippen molar-refractivity contribution in [1.82, 2.24) is 5.06 Å². The van der Waals surface area contributed by atoms with E-state index in [4.69, 9.17) is 20.7 Å². The standard InChI is InChI=1S/C17H13NO5/c1-2-13-18(16(19)21-14-9-5-3-6-10-14)23-17(20)22-15-11-7-4-8-12-15/h1,3-12H,13H2. The van der Waals surface area contributed by atoms with E-state index in [9.17, 15) is 9.59 Å². The van der Waals surface area contributed by atoms with Crippen LogP contribution in [0.15, 0.2) is 60.7 Å². The molecule has 0 aliphatic heterocycles. The van der Waals surface area contributed by atoms with Gasteiger partial charge >= 0.3 is 12.2 Å². The molecule has 2 aromatic carbocycles. The zero-order valence-corrected chi connectivity index (χ0v) is 12.0. The number of benzene rings is 2. The first-order valence-corrected chi connectivity index (χ1v) is 6.61. The highest BCUT2D eigenvalue weighted by Crippen LogP contribution is 2.12. The van der Waals surface area contributed by atoms with Crippen LogP contribution < -0.4 is 9.47 Å². The van der Waals surface area contributed by atoms with Gasteiger partial charge in [0.25, 0.3) is 0 Å². The van der Waals surface area contributed by atoms with Gasteiger partial charge in [-0.15, -0.1) is 11.5 Å². The number of ether oxygens (including phenoxy) is 2. The highest BCUT2D eigenvalue weighted by atomic mass is 16.8. The highest BCUT2D eigenvalue weighted by Gasteiger charge is 2.21. The topological polar surface area (TPSA) is 65.1 Å². The Balaban J connectivity index is 1.96. The van der Waals surface area contributed by atoms with Crippen molar-refractivity contribution in [2.75, 3.05) is 6.54 Å². The third kappa shape index (κ3) is 5.10. The van der Waals surface area contributed by atoms with Crippen LogP contribution in [0.3, 0.4) is 0 Å². The van der Waals surface area contributed by atoms with Crippen molar-refractivity contribution < 1.29 is 23.9 Å². The molecule has 0 unspecified atom stereocenters. The number of carbonyl (C=O) groups is 2. The summed E-state index contributed by atoms with van der Waals surface area (Å²) in [5, 5.41) is 0.596. The lowest BCUT2D eigenvalue weighted by Crippen LogP contribution is -2.37. The minimum absolute atomic E-state index is 0.273. The highest BCUT2D eigenvalue weighted by molar-refractivity contribution is 5.72. The van der Waals surface area contributed by atoms with Gasteiger partial charge < -0.3 is 9.47 Å². The molecule has 0 saturated heterocycles. The van der Waals surface area contributed by atoms with Crippen LogP contribution in [0.1, 0.15) is 0 Å². The largest absolute Gasteiger partial charge is 0.539 e. The normalized spacial score (nSPS) is 9.35. The summed E-state index contributed by atoms with van der Waals surface area (Å²) < 4.78 is 9.95. The van der Waals surface area contributed by atoms with Gasteiger partial charge in [-0.1, -0.05) is 42.3 Å². The van der Waals surface area contributed by atoms with Crippen molar-refractivity contribution in [3.63, 3.8) is 0 Å². The molecule has 0 aromatic heterocycles. The fourth-order valence-corrected chi connectivity index (χ4v) is 1.55. The van der Waals surface area contributed by atoms with Crippen molar-refractivity contribution in [3.8, 4) is 23.8 Å². The van der Waals surface area contributed by atoms with Crippen molar-refractivity contribution >= 4 is 12.2 Å². The summed E-state index contributed by atoms with van der Waals surface area (Å²) in [4.78, 5) is 28.4. The summed E-state index contributed by atoms with van der Waals surface area (Å²) in [7, 11) is 0. The minimum Gasteiger partial charge on any atom is -0.408 e. The van der Waals surface area contributed by atoms with Gasteiger partial charge in [-0.2, -0.15) is 0 Å². The molecule has 0 bridgehead atoms. The van der Waals surface area contributed by atoms with Crippen LogP contribution in [0.4, 0.5) is 9.59 Å². The van der Waals surface area contributed by atoms with Gasteiger partial charge in [-0.25, -0.2) is 9.59 Å². The van der Waals surface area contributed by atoms with E-state index < -0.39 is 12.2 Å². The fourth-order valence-electron chi connectivity index (χ4n) is 1.55. The van der Waals surface area contributed by atoms with Gasteiger partial charge in [0.05, 0.1) is 0 Å². The molecule has 0 aliphatic carbocycles. The second kappa shape index (κ2) is 8.10. The molecule has 2 rings (SSSR count). The molecule has 0 saturated carbocycles. The van der Waals surface area contributed by atoms with E-state index >= 15 is 0 Å². The Labute approximate surface area is 133 Å². The Hall–Kier alpha value is -3.46. The maximum Gasteiger partial charge on any atom is 0.539 e. The summed E-state index contributed by atoms with van der Waals surface area (Å²) >= 11 is 0. The molecule has 0 aliphatic rings. The Bertz CT molecular complexity index is 694. The summed E-state index contributed by atoms with van der Waals surface area (Å²) in [5.41, 5.74) is 0. The molecule has 0 fully saturated rings. The number of nitrogens with zero attached hydrogens (tertiary/aromatic N) is 1. The zero-order chi connectivity index (χ0) is 16.5. The van der Waals surface area contributed by atoms with Gasteiger partial charge in [0.1, 0.15) is 18.0 Å². The molecule has 6 nitrogen and oxygen atoms in total. The van der Waals surface area contributed by atoms with Crippen molar-refractivity contribution in [2.45, 2.75) is 0 Å². The number of hydroxylamine groups is 2. The Morgan fingerprint density at radius 3 is 1.96 bits per heavy atom. The van der Waals surface area contributed by atoms with Crippen molar-refractivity contribution in [2.24, 2.45) is 0 Å². The monoisotopic (exact) mass is 311 g/mol. The van der Waals surface area contributed by atoms with Crippen molar-refractivity contribution in [1.29, 1.82) is 0 Å². The van der Waals surface area contributed by atoms with Crippen LogP contribution in [0, 0.1) is 12.3 Å². The number of hydrogen-bond donors (Lipinski definition) is 0. The summed E-state index contributed by atoms with van der Waals surface area (Å²) in [6.07, 6.45) is 3.13. The molecule has 2 aromatic rings. The van der Waals surface area contributed by atoms with Gasteiger partial charge in [0.15, 0.2) is 0 Å². The Morgan fingerprint density at radius 1 is 0.913 bits per heavy atom. The number of rotatable bonds is 3. The third-order valence-electron chi connectivity index (χ3n) is 2.52. The predicted molar refractivity (Wildman–Crippen MR) is 81.6 cm³/mol. The van der Waals surface area contributed by atoms with E-state index in [1.807, 2.05) is 0 Å². The fraction of sp³-hybridized carbons (Fsp3) is 0.0588. The van der Waals surface area contributed by atoms with E-state index in [2.05, 4.69) is 5.92 Å². The molecule has 116 valence electrons. The van der Waals surface area contributed by atoms with E-state index in [0.29, 0.717) is 10.8 Å². The van der Waals surface area contributed by atoms with Gasteiger partial charge in [0.2, 0.25) is 0 Å². The van der Waals surface area contributed by atoms with Crippen LogP contribution in [0.5, 0.6) is 11.5 Å². The lowest BCUT2D eigenvalue weighted by Gasteiger charge is -2.17. The molecule has 0 atom stereocenters. The lowest BCUT2D eigenvalue weighted by atomic mass is 10.3. The number of para-hydroxylation sites is 2. The molecule has 23 heavy (non-hydrogen) atoms. The quantitative estimate of drug-likeness (QED) is 0.377. The van der Waals surface area contributed by atoms with E-state index in [0.717, 1.165) is 0 Å². The van der Waals surface area contributed by atoms with Gasteiger partial charge in [-0.3, -0.25) is 4.84 Å². The second-order valence-electron chi connectivity index (χ2n) is 4.18. The minimum atomic E-state index is -1.10. The summed E-state index contributed by atoms with van der Waals surface area (Å²) in [5.74, 6) is 2.76. The van der Waals surface area contributed by atoms with Gasteiger partial charge in [-0.05, 0) is 24.3 Å². The third-order valence-corrected chi connectivity index (χ3v) is 2.52. The summed E-state index contributed by atoms with van der Waals surface area (Å²) in [6, 6.07) is 16.6. The number of carbonyl (C=O) groups excluding carboxylic acids is 2. The molecular formula is C17H13NO5.